The van der Waals surface area contributed by atoms with E-state index in [2.05, 4.69) is 0 Å². The molecule has 1 aromatic carbocycles. The topological polar surface area (TPSA) is 83.6 Å². The van der Waals surface area contributed by atoms with Gasteiger partial charge in [0.2, 0.25) is 0 Å². The minimum absolute atomic E-state index is 0.311. The first-order valence-corrected chi connectivity index (χ1v) is 4.80. The van der Waals surface area contributed by atoms with Crippen molar-refractivity contribution >= 4 is 6.29 Å². The van der Waals surface area contributed by atoms with Crippen molar-refractivity contribution in [2.45, 2.75) is 18.6 Å². The van der Waals surface area contributed by atoms with Gasteiger partial charge in [0, 0.05) is 5.56 Å². The van der Waals surface area contributed by atoms with Gasteiger partial charge < -0.3 is 15.9 Å². The normalized spacial score (nSPS) is 14.6. The Morgan fingerprint density at radius 3 is 2.73 bits per heavy atom. The van der Waals surface area contributed by atoms with Crippen LogP contribution in [0.2, 0.25) is 0 Å². The lowest BCUT2D eigenvalue weighted by atomic mass is 10.0. The van der Waals surface area contributed by atoms with Crippen molar-refractivity contribution in [2.75, 3.05) is 6.54 Å². The number of carbonyl (C=O) groups excluding carboxylic acids is 1. The lowest BCUT2D eigenvalue weighted by Gasteiger charge is -2.17. The second kappa shape index (κ2) is 5.60. The van der Waals surface area contributed by atoms with Crippen LogP contribution in [0.4, 0.5) is 0 Å². The molecule has 0 saturated heterocycles. The Hall–Kier alpha value is -1.23. The van der Waals surface area contributed by atoms with Crippen molar-refractivity contribution in [1.29, 1.82) is 0 Å². The van der Waals surface area contributed by atoms with Gasteiger partial charge in [-0.05, 0) is 24.6 Å². The molecule has 4 N–H and O–H groups in total. The Balaban J connectivity index is 2.80. The number of nitrogens with two attached hydrogens (primary N) is 1. The molecule has 0 saturated carbocycles. The van der Waals surface area contributed by atoms with Crippen molar-refractivity contribution in [3.8, 4) is 0 Å². The molecular formula is C11H15NO3. The third-order valence-electron chi connectivity index (χ3n) is 2.22. The summed E-state index contributed by atoms with van der Waals surface area (Å²) >= 11 is 0. The van der Waals surface area contributed by atoms with Crippen LogP contribution in [0.25, 0.3) is 0 Å². The molecule has 0 bridgehead atoms. The number of aliphatic hydroxyl groups is 2. The Morgan fingerprint density at radius 2 is 2.13 bits per heavy atom. The molecule has 0 aliphatic carbocycles. The molecule has 1 rings (SSSR count). The first-order valence-electron chi connectivity index (χ1n) is 4.80. The molecule has 4 heteroatoms. The molecule has 2 atom stereocenters. The summed E-state index contributed by atoms with van der Waals surface area (Å²) in [4.78, 5) is 10.5. The maximum atomic E-state index is 10.5. The molecule has 0 aliphatic rings. The number of carbonyl (C=O) groups is 1. The third-order valence-corrected chi connectivity index (χ3v) is 2.22. The third kappa shape index (κ3) is 3.13. The largest absolute Gasteiger partial charge is 0.390 e. The van der Waals surface area contributed by atoms with Crippen molar-refractivity contribution < 1.29 is 15.0 Å². The number of rotatable bonds is 5. The van der Waals surface area contributed by atoms with E-state index < -0.39 is 12.2 Å². The van der Waals surface area contributed by atoms with Crippen LogP contribution in [0, 0.1) is 0 Å². The molecule has 1 aromatic rings. The summed E-state index contributed by atoms with van der Waals surface area (Å²) in [5.74, 6) is 0. The van der Waals surface area contributed by atoms with Gasteiger partial charge in [0.25, 0.3) is 0 Å². The van der Waals surface area contributed by atoms with E-state index in [0.29, 0.717) is 30.4 Å². The van der Waals surface area contributed by atoms with Gasteiger partial charge in [0.1, 0.15) is 12.4 Å². The molecule has 0 amide bonds. The predicted molar refractivity (Wildman–Crippen MR) is 56.5 cm³/mol. The van der Waals surface area contributed by atoms with Gasteiger partial charge in [-0.2, -0.15) is 0 Å². The van der Waals surface area contributed by atoms with E-state index in [1.807, 2.05) is 0 Å². The van der Waals surface area contributed by atoms with E-state index in [1.54, 1.807) is 24.3 Å². The second-order valence-corrected chi connectivity index (χ2v) is 3.38. The monoisotopic (exact) mass is 209 g/mol. The summed E-state index contributed by atoms with van der Waals surface area (Å²) in [6.07, 6.45) is -0.858. The Labute approximate surface area is 88.3 Å². The van der Waals surface area contributed by atoms with Crippen molar-refractivity contribution in [3.63, 3.8) is 0 Å². The maximum absolute atomic E-state index is 10.5. The Bertz CT molecular complexity index is 327. The first kappa shape index (κ1) is 11.8. The van der Waals surface area contributed by atoms with Crippen LogP contribution in [0.1, 0.15) is 28.4 Å². The lowest BCUT2D eigenvalue weighted by molar-refractivity contribution is 0.0150. The molecule has 0 radical (unpaired) electrons. The highest BCUT2D eigenvalue weighted by Gasteiger charge is 2.17. The zero-order valence-corrected chi connectivity index (χ0v) is 8.34. The smallest absolute Gasteiger partial charge is 0.150 e. The summed E-state index contributed by atoms with van der Waals surface area (Å²) in [6, 6.07) is 6.52. The fourth-order valence-electron chi connectivity index (χ4n) is 1.37. The molecule has 4 nitrogen and oxygen atoms in total. The first-order chi connectivity index (χ1) is 7.19. The van der Waals surface area contributed by atoms with Crippen molar-refractivity contribution in [2.24, 2.45) is 5.73 Å². The zero-order valence-electron chi connectivity index (χ0n) is 8.34. The van der Waals surface area contributed by atoms with Crippen LogP contribution < -0.4 is 5.73 Å². The number of aldehydes is 1. The highest BCUT2D eigenvalue weighted by molar-refractivity contribution is 5.74. The number of benzene rings is 1. The van der Waals surface area contributed by atoms with Crippen molar-refractivity contribution in [1.82, 2.24) is 0 Å². The highest BCUT2D eigenvalue weighted by Crippen LogP contribution is 2.19. The van der Waals surface area contributed by atoms with Gasteiger partial charge >= 0.3 is 0 Å². The van der Waals surface area contributed by atoms with Gasteiger partial charge in [-0.1, -0.05) is 18.2 Å². The molecule has 0 heterocycles. The average molecular weight is 209 g/mol. The van der Waals surface area contributed by atoms with Crippen molar-refractivity contribution in [3.05, 3.63) is 35.4 Å². The van der Waals surface area contributed by atoms with E-state index >= 15 is 0 Å². The van der Waals surface area contributed by atoms with Crippen LogP contribution in [-0.4, -0.2) is 29.1 Å². The quantitative estimate of drug-likeness (QED) is 0.607. The van der Waals surface area contributed by atoms with Gasteiger partial charge in [0.05, 0.1) is 6.10 Å². The summed E-state index contributed by atoms with van der Waals surface area (Å²) in [5.41, 5.74) is 6.28. The Kier molecular flexibility index (Phi) is 4.42. The van der Waals surface area contributed by atoms with Gasteiger partial charge in [-0.15, -0.1) is 0 Å². The van der Waals surface area contributed by atoms with Gasteiger partial charge in [0.15, 0.2) is 0 Å². The van der Waals surface area contributed by atoms with Crippen LogP contribution in [-0.2, 0) is 0 Å². The number of hydrogen-bond donors (Lipinski definition) is 3. The second-order valence-electron chi connectivity index (χ2n) is 3.38. The lowest BCUT2D eigenvalue weighted by Crippen LogP contribution is -2.21. The van der Waals surface area contributed by atoms with Gasteiger partial charge in [-0.25, -0.2) is 0 Å². The molecular weight excluding hydrogens is 194 g/mol. The number of hydrogen-bond acceptors (Lipinski definition) is 4. The van der Waals surface area contributed by atoms with E-state index in [9.17, 15) is 15.0 Å². The van der Waals surface area contributed by atoms with Crippen LogP contribution in [0.3, 0.4) is 0 Å². The van der Waals surface area contributed by atoms with E-state index in [1.165, 1.54) is 0 Å². The molecule has 0 aromatic heterocycles. The molecule has 0 aliphatic heterocycles. The van der Waals surface area contributed by atoms with Crippen LogP contribution >= 0.6 is 0 Å². The Morgan fingerprint density at radius 1 is 1.40 bits per heavy atom. The molecule has 15 heavy (non-hydrogen) atoms. The minimum Gasteiger partial charge on any atom is -0.390 e. The van der Waals surface area contributed by atoms with E-state index in [4.69, 9.17) is 5.73 Å². The van der Waals surface area contributed by atoms with Crippen LogP contribution in [0.5, 0.6) is 0 Å². The fraction of sp³-hybridized carbons (Fsp3) is 0.364. The molecule has 82 valence electrons. The summed E-state index contributed by atoms with van der Waals surface area (Å²) in [6.45, 7) is 0.311. The van der Waals surface area contributed by atoms with Gasteiger partial charge in [-0.3, -0.25) is 4.79 Å². The standard InChI is InChI=1S/C11H15NO3/c12-5-4-10(14)11(15)9-3-1-2-8(6-9)7-13/h1-3,6-7,10-11,14-15H,4-5,12H2. The predicted octanol–water partition coefficient (Wildman–Crippen LogP) is 0.242. The fourth-order valence-corrected chi connectivity index (χ4v) is 1.37. The SMILES string of the molecule is NCCC(O)C(O)c1cccc(C=O)c1. The summed E-state index contributed by atoms with van der Waals surface area (Å²) in [5, 5.41) is 19.2. The average Bonchev–Trinajstić information content (AvgIpc) is 2.28. The maximum Gasteiger partial charge on any atom is 0.150 e. The molecule has 0 spiro atoms. The molecule has 0 fully saturated rings. The summed E-state index contributed by atoms with van der Waals surface area (Å²) < 4.78 is 0. The zero-order chi connectivity index (χ0) is 11.3. The highest BCUT2D eigenvalue weighted by atomic mass is 16.3. The summed E-state index contributed by atoms with van der Waals surface area (Å²) in [7, 11) is 0. The minimum atomic E-state index is -0.992. The number of aliphatic hydroxyl groups excluding tert-OH is 2. The van der Waals surface area contributed by atoms with Crippen LogP contribution in [0.15, 0.2) is 24.3 Å². The van der Waals surface area contributed by atoms with E-state index in [0.717, 1.165) is 0 Å². The molecule has 2 unspecified atom stereocenters. The van der Waals surface area contributed by atoms with E-state index in [-0.39, 0.29) is 0 Å².